The highest BCUT2D eigenvalue weighted by atomic mass is 16.5. The number of hydrogen-bond acceptors (Lipinski definition) is 4. The Morgan fingerprint density at radius 1 is 1.21 bits per heavy atom. The summed E-state index contributed by atoms with van der Waals surface area (Å²) in [7, 11) is 0. The number of nitrogens with one attached hydrogen (secondary N) is 1. The average molecular weight is 268 g/mol. The lowest BCUT2D eigenvalue weighted by Crippen LogP contribution is -2.50. The van der Waals surface area contributed by atoms with Crippen molar-refractivity contribution in [1.82, 2.24) is 10.2 Å². The van der Waals surface area contributed by atoms with Crippen molar-refractivity contribution in [1.29, 1.82) is 0 Å². The largest absolute Gasteiger partial charge is 0.381 e. The number of likely N-dealkylation sites (tertiary alicyclic amines) is 1. The quantitative estimate of drug-likeness (QED) is 0.816. The summed E-state index contributed by atoms with van der Waals surface area (Å²) in [5.74, 6) is 0.221. The highest BCUT2D eigenvalue weighted by molar-refractivity contribution is 5.83. The standard InChI is InChI=1S/C14H24N2O3/c1-11(17)13-4-2-3-7-16(13)10-14(18)15-12-5-8-19-9-6-12/h12-13H,2-10H2,1H3,(H,15,18). The van der Waals surface area contributed by atoms with Crippen LogP contribution in [0.4, 0.5) is 0 Å². The fraction of sp³-hybridized carbons (Fsp3) is 0.857. The number of nitrogens with zero attached hydrogens (tertiary/aromatic N) is 1. The van der Waals surface area contributed by atoms with E-state index in [9.17, 15) is 9.59 Å². The first-order valence-electron chi connectivity index (χ1n) is 7.28. The third kappa shape index (κ3) is 4.28. The maximum atomic E-state index is 12.0. The summed E-state index contributed by atoms with van der Waals surface area (Å²) >= 11 is 0. The first-order chi connectivity index (χ1) is 9.16. The molecule has 2 aliphatic rings. The molecule has 0 aromatic heterocycles. The van der Waals surface area contributed by atoms with Gasteiger partial charge in [-0.3, -0.25) is 14.5 Å². The van der Waals surface area contributed by atoms with Crippen LogP contribution in [0.25, 0.3) is 0 Å². The number of carbonyl (C=O) groups is 2. The SMILES string of the molecule is CC(=O)C1CCCCN1CC(=O)NC1CCOCC1. The highest BCUT2D eigenvalue weighted by Crippen LogP contribution is 2.17. The van der Waals surface area contributed by atoms with Gasteiger partial charge in [0.25, 0.3) is 0 Å². The van der Waals surface area contributed by atoms with E-state index in [-0.39, 0.29) is 23.8 Å². The van der Waals surface area contributed by atoms with Gasteiger partial charge in [-0.25, -0.2) is 0 Å². The Labute approximate surface area is 114 Å². The van der Waals surface area contributed by atoms with Crippen LogP contribution in [-0.4, -0.2) is 55.0 Å². The first kappa shape index (κ1) is 14.5. The predicted molar refractivity (Wildman–Crippen MR) is 71.9 cm³/mol. The van der Waals surface area contributed by atoms with Gasteiger partial charge >= 0.3 is 0 Å². The molecule has 5 heteroatoms. The fourth-order valence-electron chi connectivity index (χ4n) is 2.94. The highest BCUT2D eigenvalue weighted by Gasteiger charge is 2.28. The van der Waals surface area contributed by atoms with E-state index in [2.05, 4.69) is 5.32 Å². The molecule has 0 bridgehead atoms. The summed E-state index contributed by atoms with van der Waals surface area (Å²) in [5.41, 5.74) is 0. The van der Waals surface area contributed by atoms with Crippen LogP contribution in [0.2, 0.25) is 0 Å². The third-order valence-corrected chi connectivity index (χ3v) is 4.02. The molecular formula is C14H24N2O3. The van der Waals surface area contributed by atoms with E-state index in [0.29, 0.717) is 6.54 Å². The zero-order valence-electron chi connectivity index (χ0n) is 11.7. The molecule has 19 heavy (non-hydrogen) atoms. The van der Waals surface area contributed by atoms with Crippen LogP contribution in [0.3, 0.4) is 0 Å². The van der Waals surface area contributed by atoms with Crippen LogP contribution in [0, 0.1) is 0 Å². The molecule has 108 valence electrons. The topological polar surface area (TPSA) is 58.6 Å². The first-order valence-corrected chi connectivity index (χ1v) is 7.28. The van der Waals surface area contributed by atoms with Crippen molar-refractivity contribution in [2.45, 2.75) is 51.1 Å². The van der Waals surface area contributed by atoms with Crippen molar-refractivity contribution in [3.05, 3.63) is 0 Å². The third-order valence-electron chi connectivity index (χ3n) is 4.02. The maximum Gasteiger partial charge on any atom is 0.234 e. The van der Waals surface area contributed by atoms with E-state index >= 15 is 0 Å². The summed E-state index contributed by atoms with van der Waals surface area (Å²) in [5, 5.41) is 3.05. The van der Waals surface area contributed by atoms with E-state index in [1.165, 1.54) is 0 Å². The smallest absolute Gasteiger partial charge is 0.234 e. The van der Waals surface area contributed by atoms with E-state index in [0.717, 1.165) is 51.9 Å². The van der Waals surface area contributed by atoms with Crippen LogP contribution < -0.4 is 5.32 Å². The van der Waals surface area contributed by atoms with Crippen molar-refractivity contribution in [3.63, 3.8) is 0 Å². The Morgan fingerprint density at radius 3 is 2.63 bits per heavy atom. The Morgan fingerprint density at radius 2 is 1.95 bits per heavy atom. The summed E-state index contributed by atoms with van der Waals surface area (Å²) in [4.78, 5) is 25.7. The molecule has 2 saturated heterocycles. The maximum absolute atomic E-state index is 12.0. The molecular weight excluding hydrogens is 244 g/mol. The number of hydrogen-bond donors (Lipinski definition) is 1. The van der Waals surface area contributed by atoms with Crippen molar-refractivity contribution in [2.24, 2.45) is 0 Å². The molecule has 2 aliphatic heterocycles. The second-order valence-electron chi connectivity index (χ2n) is 5.55. The molecule has 2 rings (SSSR count). The number of piperidine rings is 1. The number of Topliss-reactive ketones (excluding diaryl/α,β-unsaturated/α-hetero) is 1. The minimum Gasteiger partial charge on any atom is -0.381 e. The Balaban J connectivity index is 1.80. The average Bonchev–Trinajstić information content (AvgIpc) is 2.40. The van der Waals surface area contributed by atoms with Gasteiger partial charge in [0.1, 0.15) is 5.78 Å². The molecule has 0 aromatic rings. The molecule has 0 aliphatic carbocycles. The predicted octanol–water partition coefficient (Wildman–Crippen LogP) is 0.725. The number of ketones is 1. The number of rotatable bonds is 4. The van der Waals surface area contributed by atoms with E-state index in [4.69, 9.17) is 4.74 Å². The molecule has 0 aromatic carbocycles. The van der Waals surface area contributed by atoms with Gasteiger partial charge in [0.15, 0.2) is 0 Å². The molecule has 0 radical (unpaired) electrons. The van der Waals surface area contributed by atoms with Crippen LogP contribution in [0.15, 0.2) is 0 Å². The second-order valence-corrected chi connectivity index (χ2v) is 5.55. The minimum absolute atomic E-state index is 0.0417. The van der Waals surface area contributed by atoms with Crippen LogP contribution in [0.1, 0.15) is 39.0 Å². The van der Waals surface area contributed by atoms with Crippen LogP contribution in [0.5, 0.6) is 0 Å². The van der Waals surface area contributed by atoms with Crippen molar-refractivity contribution in [2.75, 3.05) is 26.3 Å². The van der Waals surface area contributed by atoms with Crippen molar-refractivity contribution < 1.29 is 14.3 Å². The van der Waals surface area contributed by atoms with Gasteiger partial charge in [0, 0.05) is 19.3 Å². The summed E-state index contributed by atoms with van der Waals surface area (Å²) in [6.07, 6.45) is 4.83. The fourth-order valence-corrected chi connectivity index (χ4v) is 2.94. The molecule has 2 heterocycles. The molecule has 2 fully saturated rings. The van der Waals surface area contributed by atoms with E-state index < -0.39 is 0 Å². The van der Waals surface area contributed by atoms with Crippen molar-refractivity contribution in [3.8, 4) is 0 Å². The van der Waals surface area contributed by atoms with E-state index in [1.807, 2.05) is 4.90 Å². The van der Waals surface area contributed by atoms with Gasteiger partial charge in [-0.05, 0) is 39.2 Å². The Bertz CT molecular complexity index is 327. The molecule has 1 atom stereocenters. The van der Waals surface area contributed by atoms with Gasteiger partial charge in [-0.15, -0.1) is 0 Å². The Hall–Kier alpha value is -0.940. The lowest BCUT2D eigenvalue weighted by atomic mass is 9.99. The zero-order chi connectivity index (χ0) is 13.7. The summed E-state index contributed by atoms with van der Waals surface area (Å²) in [6, 6.07) is 0.177. The molecule has 5 nitrogen and oxygen atoms in total. The molecule has 0 saturated carbocycles. The lowest BCUT2D eigenvalue weighted by Gasteiger charge is -2.34. The van der Waals surface area contributed by atoms with Crippen LogP contribution >= 0.6 is 0 Å². The molecule has 1 unspecified atom stereocenters. The normalized spacial score (nSPS) is 26.1. The van der Waals surface area contributed by atoms with E-state index in [1.54, 1.807) is 6.92 Å². The number of ether oxygens (including phenoxy) is 1. The molecule has 1 amide bonds. The lowest BCUT2D eigenvalue weighted by molar-refractivity contribution is -0.128. The monoisotopic (exact) mass is 268 g/mol. The van der Waals surface area contributed by atoms with Gasteiger partial charge in [-0.2, -0.15) is 0 Å². The summed E-state index contributed by atoms with van der Waals surface area (Å²) < 4.78 is 5.27. The van der Waals surface area contributed by atoms with Crippen molar-refractivity contribution >= 4 is 11.7 Å². The zero-order valence-corrected chi connectivity index (χ0v) is 11.7. The van der Waals surface area contributed by atoms with Gasteiger partial charge in [-0.1, -0.05) is 6.42 Å². The minimum atomic E-state index is -0.0609. The molecule has 0 spiro atoms. The van der Waals surface area contributed by atoms with Gasteiger partial charge < -0.3 is 10.1 Å². The number of carbonyl (C=O) groups excluding carboxylic acids is 2. The van der Waals surface area contributed by atoms with Crippen LogP contribution in [-0.2, 0) is 14.3 Å². The Kier molecular flexibility index (Phi) is 5.34. The van der Waals surface area contributed by atoms with Gasteiger partial charge in [0.2, 0.25) is 5.91 Å². The van der Waals surface area contributed by atoms with Gasteiger partial charge in [0.05, 0.1) is 12.6 Å². The number of amides is 1. The second kappa shape index (κ2) is 7.01. The molecule has 1 N–H and O–H groups in total. The summed E-state index contributed by atoms with van der Waals surface area (Å²) in [6.45, 7) is 4.28.